The number of carboxylic acids is 1. The molecule has 2 aromatic carbocycles. The van der Waals surface area contributed by atoms with E-state index in [4.69, 9.17) is 9.84 Å². The lowest BCUT2D eigenvalue weighted by Gasteiger charge is -2.18. The van der Waals surface area contributed by atoms with Crippen LogP contribution < -0.4 is 10.1 Å². The van der Waals surface area contributed by atoms with E-state index in [1.54, 1.807) is 0 Å². The monoisotopic (exact) mass is 439 g/mol. The van der Waals surface area contributed by atoms with Crippen molar-refractivity contribution >= 4 is 5.97 Å². The van der Waals surface area contributed by atoms with Crippen LogP contribution in [0.4, 0.5) is 0 Å². The Morgan fingerprint density at radius 3 is 2.38 bits per heavy atom. The largest absolute Gasteiger partial charge is 0.494 e. The summed E-state index contributed by atoms with van der Waals surface area (Å²) in [5.41, 5.74) is 5.35. The second-order valence-corrected chi connectivity index (χ2v) is 8.94. The van der Waals surface area contributed by atoms with Crippen LogP contribution in [0.15, 0.2) is 42.5 Å². The molecule has 0 heterocycles. The van der Waals surface area contributed by atoms with Gasteiger partial charge >= 0.3 is 5.97 Å². The molecule has 4 heteroatoms. The van der Waals surface area contributed by atoms with Crippen LogP contribution in [0.25, 0.3) is 0 Å². The quantitative estimate of drug-likeness (QED) is 0.294. The minimum atomic E-state index is -0.775. The van der Waals surface area contributed by atoms with Crippen molar-refractivity contribution in [3.8, 4) is 5.75 Å². The fourth-order valence-corrected chi connectivity index (χ4v) is 3.99. The van der Waals surface area contributed by atoms with Crippen molar-refractivity contribution in [3.63, 3.8) is 0 Å². The summed E-state index contributed by atoms with van der Waals surface area (Å²) in [5, 5.41) is 11.8. The molecule has 0 bridgehead atoms. The van der Waals surface area contributed by atoms with Gasteiger partial charge in [0.1, 0.15) is 5.75 Å². The van der Waals surface area contributed by atoms with Crippen LogP contribution in [0, 0.1) is 19.8 Å². The first kappa shape index (κ1) is 25.9. The summed E-state index contributed by atoms with van der Waals surface area (Å²) in [7, 11) is 0. The van der Waals surface area contributed by atoms with Crippen LogP contribution in [-0.2, 0) is 17.8 Å². The summed E-state index contributed by atoms with van der Waals surface area (Å²) in [4.78, 5) is 10.5. The van der Waals surface area contributed by atoms with Gasteiger partial charge in [-0.1, -0.05) is 62.9 Å². The van der Waals surface area contributed by atoms with Gasteiger partial charge in [-0.25, -0.2) is 0 Å². The molecule has 0 aliphatic rings. The standard InChI is InChI=1S/C28H41NO3/c1-4-5-6-8-24(20-26-11-10-22(2)23(3)19-26)9-7-18-32-27-14-12-25(13-15-27)21-29-17-16-28(30)31/h10-15,19,24,29H,4-9,16-18,20-21H2,1-3H3,(H,30,31). The Kier molecular flexibility index (Phi) is 11.9. The van der Waals surface area contributed by atoms with E-state index in [0.717, 1.165) is 30.8 Å². The van der Waals surface area contributed by atoms with Crippen molar-refractivity contribution in [2.45, 2.75) is 78.7 Å². The maximum atomic E-state index is 10.5. The highest BCUT2D eigenvalue weighted by molar-refractivity contribution is 5.66. The maximum absolute atomic E-state index is 10.5. The van der Waals surface area contributed by atoms with Gasteiger partial charge in [-0.3, -0.25) is 4.79 Å². The van der Waals surface area contributed by atoms with Crippen LogP contribution in [0.5, 0.6) is 5.75 Å². The van der Waals surface area contributed by atoms with Crippen LogP contribution >= 0.6 is 0 Å². The first-order chi connectivity index (χ1) is 15.5. The molecule has 0 aliphatic carbocycles. The molecule has 0 saturated heterocycles. The van der Waals surface area contributed by atoms with E-state index in [9.17, 15) is 4.79 Å². The molecule has 1 atom stereocenters. The molecule has 0 saturated carbocycles. The van der Waals surface area contributed by atoms with E-state index in [1.165, 1.54) is 48.8 Å². The molecule has 1 unspecified atom stereocenters. The Hall–Kier alpha value is -2.33. The van der Waals surface area contributed by atoms with Crippen LogP contribution in [0.1, 0.15) is 74.1 Å². The lowest BCUT2D eigenvalue weighted by atomic mass is 9.89. The van der Waals surface area contributed by atoms with Crippen molar-refractivity contribution in [2.24, 2.45) is 5.92 Å². The normalized spacial score (nSPS) is 12.0. The minimum Gasteiger partial charge on any atom is -0.494 e. The number of ether oxygens (including phenoxy) is 1. The molecule has 2 N–H and O–H groups in total. The molecular formula is C28H41NO3. The van der Waals surface area contributed by atoms with Gasteiger partial charge in [0.15, 0.2) is 0 Å². The molecule has 4 nitrogen and oxygen atoms in total. The van der Waals surface area contributed by atoms with Crippen molar-refractivity contribution in [1.29, 1.82) is 0 Å². The third kappa shape index (κ3) is 10.3. The molecule has 0 spiro atoms. The van der Waals surface area contributed by atoms with Gasteiger partial charge in [-0.15, -0.1) is 0 Å². The van der Waals surface area contributed by atoms with E-state index in [1.807, 2.05) is 24.3 Å². The zero-order chi connectivity index (χ0) is 23.2. The van der Waals surface area contributed by atoms with Gasteiger partial charge < -0.3 is 15.2 Å². The Balaban J connectivity index is 1.75. The number of aryl methyl sites for hydroxylation is 2. The molecule has 0 aliphatic heterocycles. The number of rotatable bonds is 16. The average molecular weight is 440 g/mol. The van der Waals surface area contributed by atoms with E-state index >= 15 is 0 Å². The number of carbonyl (C=O) groups is 1. The third-order valence-electron chi connectivity index (χ3n) is 6.11. The van der Waals surface area contributed by atoms with Crippen LogP contribution in [0.2, 0.25) is 0 Å². The fourth-order valence-electron chi connectivity index (χ4n) is 3.99. The first-order valence-electron chi connectivity index (χ1n) is 12.2. The highest BCUT2D eigenvalue weighted by Crippen LogP contribution is 2.23. The molecule has 0 fully saturated rings. The number of unbranched alkanes of at least 4 members (excludes halogenated alkanes) is 2. The van der Waals surface area contributed by atoms with Crippen LogP contribution in [-0.4, -0.2) is 24.2 Å². The minimum absolute atomic E-state index is 0.143. The topological polar surface area (TPSA) is 58.6 Å². The molecule has 0 amide bonds. The number of carboxylic acid groups (broad SMARTS) is 1. The summed E-state index contributed by atoms with van der Waals surface area (Å²) in [5.74, 6) is 0.838. The molecule has 176 valence electrons. The number of hydrogen-bond acceptors (Lipinski definition) is 3. The van der Waals surface area contributed by atoms with E-state index in [-0.39, 0.29) is 6.42 Å². The van der Waals surface area contributed by atoms with Gasteiger partial charge in [0.05, 0.1) is 13.0 Å². The summed E-state index contributed by atoms with van der Waals surface area (Å²) in [6.07, 6.45) is 8.77. The van der Waals surface area contributed by atoms with Gasteiger partial charge in [0.25, 0.3) is 0 Å². The van der Waals surface area contributed by atoms with Crippen molar-refractivity contribution in [1.82, 2.24) is 5.32 Å². The Labute approximate surface area is 194 Å². The van der Waals surface area contributed by atoms with Gasteiger partial charge in [-0.05, 0) is 73.4 Å². The third-order valence-corrected chi connectivity index (χ3v) is 6.11. The highest BCUT2D eigenvalue weighted by atomic mass is 16.5. The maximum Gasteiger partial charge on any atom is 0.304 e. The zero-order valence-corrected chi connectivity index (χ0v) is 20.2. The number of aliphatic carboxylic acids is 1. The lowest BCUT2D eigenvalue weighted by Crippen LogP contribution is -2.17. The Morgan fingerprint density at radius 2 is 1.69 bits per heavy atom. The molecule has 2 rings (SSSR count). The molecule has 2 aromatic rings. The zero-order valence-electron chi connectivity index (χ0n) is 20.2. The van der Waals surface area contributed by atoms with E-state index in [0.29, 0.717) is 19.0 Å². The summed E-state index contributed by atoms with van der Waals surface area (Å²) in [6.45, 7) is 8.55. The Morgan fingerprint density at radius 1 is 0.969 bits per heavy atom. The van der Waals surface area contributed by atoms with Gasteiger partial charge in [0, 0.05) is 13.1 Å². The van der Waals surface area contributed by atoms with E-state index in [2.05, 4.69) is 44.3 Å². The van der Waals surface area contributed by atoms with Crippen molar-refractivity contribution in [3.05, 3.63) is 64.7 Å². The SMILES string of the molecule is CCCCCC(CCCOc1ccc(CNCCC(=O)O)cc1)Cc1ccc(C)c(C)c1. The average Bonchev–Trinajstić information content (AvgIpc) is 2.77. The summed E-state index contributed by atoms with van der Waals surface area (Å²) >= 11 is 0. The summed E-state index contributed by atoms with van der Waals surface area (Å²) in [6, 6.07) is 15.0. The predicted octanol–water partition coefficient (Wildman–Crippen LogP) is 6.47. The Bertz CT molecular complexity index is 801. The number of hydrogen-bond donors (Lipinski definition) is 2. The van der Waals surface area contributed by atoms with Gasteiger partial charge in [0.2, 0.25) is 0 Å². The lowest BCUT2D eigenvalue weighted by molar-refractivity contribution is -0.136. The molecule has 0 radical (unpaired) electrons. The molecule has 32 heavy (non-hydrogen) atoms. The fraction of sp³-hybridized carbons (Fsp3) is 0.536. The second-order valence-electron chi connectivity index (χ2n) is 8.94. The predicted molar refractivity (Wildman–Crippen MR) is 132 cm³/mol. The second kappa shape index (κ2) is 14.7. The van der Waals surface area contributed by atoms with Crippen molar-refractivity contribution in [2.75, 3.05) is 13.2 Å². The van der Waals surface area contributed by atoms with Gasteiger partial charge in [-0.2, -0.15) is 0 Å². The first-order valence-corrected chi connectivity index (χ1v) is 12.2. The number of nitrogens with one attached hydrogen (secondary N) is 1. The van der Waals surface area contributed by atoms with E-state index < -0.39 is 5.97 Å². The van der Waals surface area contributed by atoms with Crippen LogP contribution in [0.3, 0.4) is 0 Å². The highest BCUT2D eigenvalue weighted by Gasteiger charge is 2.11. The van der Waals surface area contributed by atoms with Crippen molar-refractivity contribution < 1.29 is 14.6 Å². The number of benzene rings is 2. The molecule has 0 aromatic heterocycles. The molecular weight excluding hydrogens is 398 g/mol. The summed E-state index contributed by atoms with van der Waals surface area (Å²) < 4.78 is 5.98. The smallest absolute Gasteiger partial charge is 0.304 e.